The molecular weight excluding hydrogens is 343 g/mol. The number of hydrogen-bond acceptors (Lipinski definition) is 6. The Kier molecular flexibility index (Phi) is 4.10. The number of hydrogen-bond donors (Lipinski definition) is 0. The lowest BCUT2D eigenvalue weighted by Gasteiger charge is -2.18. The van der Waals surface area contributed by atoms with Crippen molar-refractivity contribution in [2.45, 2.75) is 6.54 Å². The quantitative estimate of drug-likeness (QED) is 0.706. The van der Waals surface area contributed by atoms with Gasteiger partial charge < -0.3 is 9.64 Å². The molecule has 0 atom stereocenters. The first-order chi connectivity index (χ1) is 12.2. The maximum absolute atomic E-state index is 14.1. The van der Waals surface area contributed by atoms with Crippen molar-refractivity contribution < 1.29 is 13.9 Å². The predicted molar refractivity (Wildman–Crippen MR) is 89.8 cm³/mol. The van der Waals surface area contributed by atoms with E-state index in [1.807, 2.05) is 0 Å². The molecule has 1 aliphatic rings. The van der Waals surface area contributed by atoms with Crippen molar-refractivity contribution in [3.05, 3.63) is 59.2 Å². The lowest BCUT2D eigenvalue weighted by molar-refractivity contribution is 0.0727. The number of nitrogens with zero attached hydrogens (tertiary/aromatic N) is 4. The molecule has 0 saturated carbocycles. The van der Waals surface area contributed by atoms with Gasteiger partial charge in [0.25, 0.3) is 5.91 Å². The van der Waals surface area contributed by atoms with E-state index in [9.17, 15) is 9.18 Å². The van der Waals surface area contributed by atoms with Crippen molar-refractivity contribution in [1.82, 2.24) is 19.9 Å². The molecule has 3 aromatic rings. The Morgan fingerprint density at radius 2 is 2.24 bits per heavy atom. The summed E-state index contributed by atoms with van der Waals surface area (Å²) < 4.78 is 19.6. The van der Waals surface area contributed by atoms with Crippen LogP contribution in [-0.4, -0.2) is 38.9 Å². The maximum Gasteiger partial charge on any atom is 0.273 e. The summed E-state index contributed by atoms with van der Waals surface area (Å²) in [7, 11) is 0. The Bertz CT molecular complexity index is 916. The van der Waals surface area contributed by atoms with Crippen LogP contribution in [0.1, 0.15) is 16.1 Å². The molecule has 1 aliphatic heterocycles. The molecule has 0 aliphatic carbocycles. The molecule has 6 nitrogen and oxygen atoms in total. The minimum Gasteiger partial charge on any atom is -0.491 e. The van der Waals surface area contributed by atoms with Gasteiger partial charge in [-0.25, -0.2) is 9.37 Å². The van der Waals surface area contributed by atoms with Crippen molar-refractivity contribution in [3.63, 3.8) is 0 Å². The molecule has 0 saturated heterocycles. The number of benzene rings is 1. The second-order valence-electron chi connectivity index (χ2n) is 5.42. The molecule has 0 bridgehead atoms. The highest BCUT2D eigenvalue weighted by Gasteiger charge is 2.25. The Labute approximate surface area is 146 Å². The minimum atomic E-state index is -0.379. The van der Waals surface area contributed by atoms with Crippen LogP contribution < -0.4 is 4.74 Å². The van der Waals surface area contributed by atoms with Gasteiger partial charge in [0.1, 0.15) is 34.6 Å². The molecule has 2 aromatic heterocycles. The zero-order valence-electron chi connectivity index (χ0n) is 13.1. The van der Waals surface area contributed by atoms with Gasteiger partial charge >= 0.3 is 0 Å². The average molecular weight is 356 g/mol. The van der Waals surface area contributed by atoms with Crippen molar-refractivity contribution in [2.24, 2.45) is 0 Å². The van der Waals surface area contributed by atoms with Crippen LogP contribution in [0.2, 0.25) is 0 Å². The van der Waals surface area contributed by atoms with Crippen LogP contribution in [0.25, 0.3) is 10.7 Å². The summed E-state index contributed by atoms with van der Waals surface area (Å²) in [6, 6.07) is 4.67. The van der Waals surface area contributed by atoms with E-state index < -0.39 is 0 Å². The predicted octanol–water partition coefficient (Wildman–Crippen LogP) is 2.77. The second kappa shape index (κ2) is 6.56. The summed E-state index contributed by atoms with van der Waals surface area (Å²) in [5, 5.41) is 2.30. The van der Waals surface area contributed by atoms with E-state index in [0.717, 1.165) is 0 Å². The molecular formula is C17H13FN4O2S. The molecule has 8 heteroatoms. The van der Waals surface area contributed by atoms with E-state index in [2.05, 4.69) is 15.0 Å². The van der Waals surface area contributed by atoms with Crippen LogP contribution in [0, 0.1) is 5.82 Å². The van der Waals surface area contributed by atoms with Crippen molar-refractivity contribution in [3.8, 4) is 16.5 Å². The smallest absolute Gasteiger partial charge is 0.273 e. The van der Waals surface area contributed by atoms with E-state index in [0.29, 0.717) is 40.9 Å². The normalized spacial score (nSPS) is 13.7. The van der Waals surface area contributed by atoms with Crippen LogP contribution in [-0.2, 0) is 6.54 Å². The molecule has 0 unspecified atom stereocenters. The highest BCUT2D eigenvalue weighted by atomic mass is 32.1. The summed E-state index contributed by atoms with van der Waals surface area (Å²) in [6.45, 7) is 0.827. The Balaban J connectivity index is 1.59. The van der Waals surface area contributed by atoms with Crippen LogP contribution in [0.5, 0.6) is 5.75 Å². The summed E-state index contributed by atoms with van der Waals surface area (Å²) in [5.41, 5.74) is 1.31. The molecule has 1 amide bonds. The number of aromatic nitrogens is 3. The van der Waals surface area contributed by atoms with Gasteiger partial charge in [-0.1, -0.05) is 6.07 Å². The first-order valence-corrected chi connectivity index (χ1v) is 8.52. The molecule has 0 spiro atoms. The van der Waals surface area contributed by atoms with Gasteiger partial charge in [0.15, 0.2) is 0 Å². The lowest BCUT2D eigenvalue weighted by atomic mass is 10.1. The Morgan fingerprint density at radius 1 is 1.32 bits per heavy atom. The largest absolute Gasteiger partial charge is 0.491 e. The molecule has 3 heterocycles. The molecule has 126 valence electrons. The van der Waals surface area contributed by atoms with Gasteiger partial charge in [0.05, 0.1) is 19.3 Å². The molecule has 25 heavy (non-hydrogen) atoms. The molecule has 0 radical (unpaired) electrons. The first-order valence-electron chi connectivity index (χ1n) is 7.64. The summed E-state index contributed by atoms with van der Waals surface area (Å²) in [6.07, 6.45) is 4.74. The van der Waals surface area contributed by atoms with Crippen LogP contribution >= 0.6 is 11.3 Å². The standard InChI is InChI=1S/C17H13FN4O2S/c18-12-2-1-3-15-11(12)9-22(6-7-24-15)17(23)14-10-25-16(21-14)13-8-19-4-5-20-13/h1-5,8,10H,6-7,9H2. The van der Waals surface area contributed by atoms with Gasteiger partial charge in [-0.3, -0.25) is 14.8 Å². The van der Waals surface area contributed by atoms with Crippen LogP contribution in [0.3, 0.4) is 0 Å². The molecule has 0 fully saturated rings. The SMILES string of the molecule is O=C(c1csc(-c2cnccn2)n1)N1CCOc2cccc(F)c2C1. The molecule has 4 rings (SSSR count). The Morgan fingerprint density at radius 3 is 3.08 bits per heavy atom. The van der Waals surface area contributed by atoms with Crippen molar-refractivity contribution in [2.75, 3.05) is 13.2 Å². The highest BCUT2D eigenvalue weighted by Crippen LogP contribution is 2.27. The second-order valence-corrected chi connectivity index (χ2v) is 6.28. The zero-order valence-corrected chi connectivity index (χ0v) is 13.9. The third kappa shape index (κ3) is 3.08. The van der Waals surface area contributed by atoms with Gasteiger partial charge in [0, 0.05) is 23.3 Å². The highest BCUT2D eigenvalue weighted by molar-refractivity contribution is 7.13. The number of thiazole rings is 1. The first kappa shape index (κ1) is 15.6. The summed E-state index contributed by atoms with van der Waals surface area (Å²) in [5.74, 6) is -0.157. The van der Waals surface area contributed by atoms with E-state index in [4.69, 9.17) is 4.74 Å². The zero-order chi connectivity index (χ0) is 17.2. The number of amides is 1. The van der Waals surface area contributed by atoms with E-state index in [1.54, 1.807) is 41.0 Å². The van der Waals surface area contributed by atoms with E-state index in [1.165, 1.54) is 17.4 Å². The van der Waals surface area contributed by atoms with Crippen molar-refractivity contribution in [1.29, 1.82) is 0 Å². The van der Waals surface area contributed by atoms with E-state index in [-0.39, 0.29) is 18.3 Å². The fourth-order valence-electron chi connectivity index (χ4n) is 2.60. The third-order valence-electron chi connectivity index (χ3n) is 3.84. The minimum absolute atomic E-state index is 0.152. The van der Waals surface area contributed by atoms with Gasteiger partial charge in [-0.15, -0.1) is 11.3 Å². The number of halogens is 1. The fraction of sp³-hybridized carbons (Fsp3) is 0.176. The molecule has 0 N–H and O–H groups in total. The van der Waals surface area contributed by atoms with Crippen LogP contribution in [0.4, 0.5) is 4.39 Å². The number of rotatable bonds is 2. The summed E-state index contributed by atoms with van der Waals surface area (Å²) >= 11 is 1.32. The number of fused-ring (bicyclic) bond motifs is 1. The number of ether oxygens (including phenoxy) is 1. The van der Waals surface area contributed by atoms with Gasteiger partial charge in [0.2, 0.25) is 0 Å². The third-order valence-corrected chi connectivity index (χ3v) is 4.70. The number of carbonyl (C=O) groups excluding carboxylic acids is 1. The Hall–Kier alpha value is -2.87. The lowest BCUT2D eigenvalue weighted by Crippen LogP contribution is -2.32. The number of carbonyl (C=O) groups is 1. The average Bonchev–Trinajstić information content (AvgIpc) is 3.03. The van der Waals surface area contributed by atoms with Gasteiger partial charge in [-0.05, 0) is 12.1 Å². The maximum atomic E-state index is 14.1. The topological polar surface area (TPSA) is 68.2 Å². The van der Waals surface area contributed by atoms with Gasteiger partial charge in [-0.2, -0.15) is 0 Å². The summed E-state index contributed by atoms with van der Waals surface area (Å²) in [4.78, 5) is 26.9. The monoisotopic (exact) mass is 356 g/mol. The fourth-order valence-corrected chi connectivity index (χ4v) is 3.35. The molecule has 1 aromatic carbocycles. The van der Waals surface area contributed by atoms with Crippen molar-refractivity contribution >= 4 is 17.2 Å². The van der Waals surface area contributed by atoms with E-state index >= 15 is 0 Å². The van der Waals surface area contributed by atoms with Crippen LogP contribution in [0.15, 0.2) is 42.2 Å².